The van der Waals surface area contributed by atoms with Gasteiger partial charge in [0.2, 0.25) is 0 Å². The average Bonchev–Trinajstić information content (AvgIpc) is 1.30. The van der Waals surface area contributed by atoms with Crippen molar-refractivity contribution in [1.82, 2.24) is 0 Å². The SMILES string of the molecule is O=NOS(=O)(=O)O.[Fe]. The first kappa shape index (κ1) is 10.7. The molecule has 0 aromatic rings. The quantitative estimate of drug-likeness (QED) is 0.269. The summed E-state index contributed by atoms with van der Waals surface area (Å²) in [6, 6.07) is 0. The molecule has 8 heavy (non-hydrogen) atoms. The second kappa shape index (κ2) is 3.79. The standard InChI is InChI=1S/Fe.HNO5S/c;2-1-6-7(3,4)5/h;(H,3,4,5). The van der Waals surface area contributed by atoms with Crippen LogP contribution in [0.5, 0.6) is 0 Å². The summed E-state index contributed by atoms with van der Waals surface area (Å²) in [7, 11) is -4.65. The topological polar surface area (TPSA) is 93.0 Å². The van der Waals surface area contributed by atoms with Gasteiger partial charge in [0.1, 0.15) is 0 Å². The molecule has 8 heteroatoms. The molecule has 0 aromatic carbocycles. The van der Waals surface area contributed by atoms with Crippen molar-refractivity contribution < 1.29 is 34.3 Å². The Morgan fingerprint density at radius 3 is 1.88 bits per heavy atom. The number of hydrogen-bond acceptors (Lipinski definition) is 5. The van der Waals surface area contributed by atoms with Crippen molar-refractivity contribution in [3.63, 3.8) is 0 Å². The predicted molar refractivity (Wildman–Crippen MR) is 18.4 cm³/mol. The zero-order valence-electron chi connectivity index (χ0n) is 3.29. The third-order valence-electron chi connectivity index (χ3n) is 0.125. The van der Waals surface area contributed by atoms with Crippen molar-refractivity contribution in [2.24, 2.45) is 5.34 Å². The second-order valence-corrected chi connectivity index (χ2v) is 1.58. The van der Waals surface area contributed by atoms with E-state index in [1.165, 1.54) is 5.34 Å². The molecule has 0 saturated heterocycles. The maximum atomic E-state index is 9.27. The largest absolute Gasteiger partial charge is 0.468 e. The zero-order valence-corrected chi connectivity index (χ0v) is 5.21. The molecule has 0 fully saturated rings. The van der Waals surface area contributed by atoms with Crippen LogP contribution in [-0.2, 0) is 31.8 Å². The molecular formula is HFeNO5S. The Hall–Kier alpha value is -0.171. The number of rotatable bonds is 2. The Labute approximate surface area is 55.6 Å². The van der Waals surface area contributed by atoms with E-state index in [1.807, 2.05) is 0 Å². The molecule has 0 radical (unpaired) electrons. The van der Waals surface area contributed by atoms with Crippen LogP contribution in [0.25, 0.3) is 0 Å². The van der Waals surface area contributed by atoms with E-state index in [4.69, 9.17) is 9.46 Å². The molecule has 0 spiro atoms. The molecule has 6 nitrogen and oxygen atoms in total. The second-order valence-electron chi connectivity index (χ2n) is 0.577. The first-order valence-corrected chi connectivity index (χ1v) is 2.41. The van der Waals surface area contributed by atoms with E-state index in [1.54, 1.807) is 0 Å². The fraction of sp³-hybridized carbons (Fsp3) is 0. The van der Waals surface area contributed by atoms with Gasteiger partial charge in [0.05, 0.1) is 0 Å². The first-order valence-electron chi connectivity index (χ1n) is 1.05. The average molecular weight is 183 g/mol. The summed E-state index contributed by atoms with van der Waals surface area (Å²) in [4.78, 5) is 8.81. The van der Waals surface area contributed by atoms with Crippen LogP contribution < -0.4 is 0 Å². The molecule has 0 heterocycles. The molecule has 0 bridgehead atoms. The van der Waals surface area contributed by atoms with Crippen molar-refractivity contribution in [1.29, 1.82) is 0 Å². The Bertz CT molecular complexity index is 146. The molecule has 0 aliphatic heterocycles. The van der Waals surface area contributed by atoms with E-state index in [0.29, 0.717) is 0 Å². The van der Waals surface area contributed by atoms with Crippen molar-refractivity contribution in [2.75, 3.05) is 0 Å². The van der Waals surface area contributed by atoms with Crippen LogP contribution in [0.2, 0.25) is 0 Å². The molecule has 0 saturated carbocycles. The van der Waals surface area contributed by atoms with Crippen LogP contribution in [0.4, 0.5) is 0 Å². The van der Waals surface area contributed by atoms with Gasteiger partial charge in [-0.15, -0.1) is 4.91 Å². The van der Waals surface area contributed by atoms with E-state index in [9.17, 15) is 8.42 Å². The van der Waals surface area contributed by atoms with Crippen molar-refractivity contribution >= 4 is 10.4 Å². The van der Waals surface area contributed by atoms with Gasteiger partial charge in [0.25, 0.3) is 0 Å². The summed E-state index contributed by atoms with van der Waals surface area (Å²) in [6.45, 7) is 0. The van der Waals surface area contributed by atoms with Gasteiger partial charge in [-0.25, -0.2) is 4.28 Å². The van der Waals surface area contributed by atoms with Gasteiger partial charge in [-0.3, -0.25) is 4.55 Å². The molecule has 0 atom stereocenters. The van der Waals surface area contributed by atoms with E-state index in [2.05, 4.69) is 4.28 Å². The summed E-state index contributed by atoms with van der Waals surface area (Å²) in [5.41, 5.74) is 0. The Balaban J connectivity index is 0. The zero-order chi connectivity index (χ0) is 5.91. The van der Waals surface area contributed by atoms with E-state index in [-0.39, 0.29) is 17.1 Å². The van der Waals surface area contributed by atoms with Crippen LogP contribution in [0.3, 0.4) is 0 Å². The summed E-state index contributed by atoms with van der Waals surface area (Å²) in [6.07, 6.45) is 0. The minimum Gasteiger partial charge on any atom is -0.253 e. The fourth-order valence-electron chi connectivity index (χ4n) is 0.0385. The summed E-state index contributed by atoms with van der Waals surface area (Å²) in [5, 5.41) is 1.42. The van der Waals surface area contributed by atoms with Crippen LogP contribution >= 0.6 is 0 Å². The molecule has 50 valence electrons. The predicted octanol–water partition coefficient (Wildman–Crippen LogP) is -0.515. The molecule has 0 rings (SSSR count). The summed E-state index contributed by atoms with van der Waals surface area (Å²) in [5.74, 6) is 0. The van der Waals surface area contributed by atoms with Crippen LogP contribution in [0.15, 0.2) is 5.34 Å². The Kier molecular flexibility index (Phi) is 5.09. The van der Waals surface area contributed by atoms with Crippen LogP contribution in [-0.4, -0.2) is 13.0 Å². The molecule has 0 amide bonds. The number of nitrogens with zero attached hydrogens (tertiary/aromatic N) is 1. The molecular weight excluding hydrogens is 182 g/mol. The van der Waals surface area contributed by atoms with E-state index in [0.717, 1.165) is 0 Å². The summed E-state index contributed by atoms with van der Waals surface area (Å²) >= 11 is 0. The van der Waals surface area contributed by atoms with Crippen molar-refractivity contribution in [3.8, 4) is 0 Å². The maximum Gasteiger partial charge on any atom is 0.468 e. The first-order chi connectivity index (χ1) is 3.06. The normalized spacial score (nSPS) is 9.12. The van der Waals surface area contributed by atoms with E-state index < -0.39 is 10.4 Å². The smallest absolute Gasteiger partial charge is 0.253 e. The minimum atomic E-state index is -4.65. The van der Waals surface area contributed by atoms with Gasteiger partial charge >= 0.3 is 10.4 Å². The third kappa shape index (κ3) is 9.27. The molecule has 0 aliphatic rings. The van der Waals surface area contributed by atoms with Crippen LogP contribution in [0.1, 0.15) is 0 Å². The Morgan fingerprint density at radius 1 is 1.50 bits per heavy atom. The molecule has 0 aliphatic carbocycles. The van der Waals surface area contributed by atoms with Crippen molar-refractivity contribution in [2.45, 2.75) is 0 Å². The van der Waals surface area contributed by atoms with Crippen LogP contribution in [0, 0.1) is 4.91 Å². The molecule has 0 aromatic heterocycles. The minimum absolute atomic E-state index is 0. The number of hydrogen-bond donors (Lipinski definition) is 1. The fourth-order valence-corrected chi connectivity index (χ4v) is 0.115. The maximum absolute atomic E-state index is 9.27. The summed E-state index contributed by atoms with van der Waals surface area (Å²) < 4.78 is 28.8. The van der Waals surface area contributed by atoms with Gasteiger partial charge in [-0.2, -0.15) is 8.42 Å². The van der Waals surface area contributed by atoms with Crippen molar-refractivity contribution in [3.05, 3.63) is 4.91 Å². The van der Waals surface area contributed by atoms with Gasteiger partial charge < -0.3 is 0 Å². The van der Waals surface area contributed by atoms with Gasteiger partial charge in [-0.1, -0.05) is 0 Å². The Morgan fingerprint density at radius 2 is 1.88 bits per heavy atom. The van der Waals surface area contributed by atoms with Gasteiger partial charge in [0.15, 0.2) is 5.34 Å². The third-order valence-corrected chi connectivity index (χ3v) is 0.374. The van der Waals surface area contributed by atoms with E-state index >= 15 is 0 Å². The monoisotopic (exact) mass is 183 g/mol. The molecule has 1 N–H and O–H groups in total. The van der Waals surface area contributed by atoms with Gasteiger partial charge in [-0.05, 0) is 0 Å². The van der Waals surface area contributed by atoms with Gasteiger partial charge in [0, 0.05) is 17.1 Å². The molecule has 0 unspecified atom stereocenters.